The van der Waals surface area contributed by atoms with Crippen LogP contribution in [0.15, 0.2) is 60.8 Å². The Morgan fingerprint density at radius 3 is 2.92 bits per heavy atom. The quantitative estimate of drug-likeness (QED) is 0.780. The van der Waals surface area contributed by atoms with Crippen molar-refractivity contribution in [3.63, 3.8) is 0 Å². The molecule has 2 aromatic carbocycles. The Labute approximate surface area is 140 Å². The number of carbonyl (C=O) groups is 1. The van der Waals surface area contributed by atoms with Crippen LogP contribution in [0.2, 0.25) is 0 Å². The Balaban J connectivity index is 1.43. The number of rotatable bonds is 5. The fourth-order valence-corrected chi connectivity index (χ4v) is 2.61. The van der Waals surface area contributed by atoms with Gasteiger partial charge in [0.05, 0.1) is 11.6 Å². The van der Waals surface area contributed by atoms with Crippen LogP contribution in [0, 0.1) is 0 Å². The molecule has 120 valence electrons. The molecule has 1 saturated carbocycles. The number of nitrogens with one attached hydrogen (secondary N) is 1. The molecule has 3 aromatic rings. The van der Waals surface area contributed by atoms with E-state index in [0.717, 1.165) is 35.1 Å². The molecule has 0 bridgehead atoms. The Morgan fingerprint density at radius 1 is 1.12 bits per heavy atom. The highest BCUT2D eigenvalue weighted by Gasteiger charge is 2.23. The molecular formula is C20H18N2O2. The summed E-state index contributed by atoms with van der Waals surface area (Å²) >= 11 is 0. The minimum absolute atomic E-state index is 0.0886. The standard InChI is InChI=1S/C20H18N2O2/c23-20(16-6-9-19-15(12-16)4-2-10-21-19)22-13-14-3-1-5-18(11-14)24-17-7-8-17/h1-6,9-12,17H,7-8,13H2,(H,22,23). The van der Waals surface area contributed by atoms with Gasteiger partial charge in [0.1, 0.15) is 5.75 Å². The van der Waals surface area contributed by atoms with E-state index in [9.17, 15) is 4.79 Å². The molecule has 4 rings (SSSR count). The van der Waals surface area contributed by atoms with Gasteiger partial charge < -0.3 is 10.1 Å². The van der Waals surface area contributed by atoms with Crippen LogP contribution in [0.3, 0.4) is 0 Å². The maximum Gasteiger partial charge on any atom is 0.251 e. The second-order valence-electron chi connectivity index (χ2n) is 6.06. The highest BCUT2D eigenvalue weighted by Crippen LogP contribution is 2.27. The van der Waals surface area contributed by atoms with Gasteiger partial charge >= 0.3 is 0 Å². The third-order valence-corrected chi connectivity index (χ3v) is 4.04. The van der Waals surface area contributed by atoms with E-state index in [1.165, 1.54) is 0 Å². The summed E-state index contributed by atoms with van der Waals surface area (Å²) in [6.07, 6.45) is 4.40. The van der Waals surface area contributed by atoms with Crippen LogP contribution in [0.5, 0.6) is 5.75 Å². The lowest BCUT2D eigenvalue weighted by Crippen LogP contribution is -2.22. The number of aromatic nitrogens is 1. The number of benzene rings is 2. The summed E-state index contributed by atoms with van der Waals surface area (Å²) in [4.78, 5) is 16.6. The fraction of sp³-hybridized carbons (Fsp3) is 0.200. The Bertz CT molecular complexity index is 887. The van der Waals surface area contributed by atoms with Crippen molar-refractivity contribution in [2.24, 2.45) is 0 Å². The third-order valence-electron chi connectivity index (χ3n) is 4.04. The maximum absolute atomic E-state index is 12.4. The first-order chi connectivity index (χ1) is 11.8. The van der Waals surface area contributed by atoms with Crippen molar-refractivity contribution in [1.29, 1.82) is 0 Å². The van der Waals surface area contributed by atoms with Gasteiger partial charge in [-0.05, 0) is 54.8 Å². The van der Waals surface area contributed by atoms with Gasteiger partial charge in [0.15, 0.2) is 0 Å². The highest BCUT2D eigenvalue weighted by molar-refractivity contribution is 5.97. The summed E-state index contributed by atoms with van der Waals surface area (Å²) < 4.78 is 5.79. The molecule has 0 radical (unpaired) electrons. The van der Waals surface area contributed by atoms with Crippen LogP contribution >= 0.6 is 0 Å². The molecule has 0 aliphatic heterocycles. The predicted octanol–water partition coefficient (Wildman–Crippen LogP) is 3.71. The van der Waals surface area contributed by atoms with E-state index in [4.69, 9.17) is 4.74 Å². The summed E-state index contributed by atoms with van der Waals surface area (Å²) in [7, 11) is 0. The summed E-state index contributed by atoms with van der Waals surface area (Å²) in [6.45, 7) is 0.478. The van der Waals surface area contributed by atoms with Crippen LogP contribution in [0.4, 0.5) is 0 Å². The molecule has 0 saturated heterocycles. The van der Waals surface area contributed by atoms with Gasteiger partial charge in [-0.2, -0.15) is 0 Å². The zero-order valence-corrected chi connectivity index (χ0v) is 13.2. The van der Waals surface area contributed by atoms with Gasteiger partial charge in [0.2, 0.25) is 0 Å². The van der Waals surface area contributed by atoms with Gasteiger partial charge in [-0.1, -0.05) is 18.2 Å². The predicted molar refractivity (Wildman–Crippen MR) is 93.0 cm³/mol. The van der Waals surface area contributed by atoms with E-state index in [1.807, 2.05) is 48.5 Å². The highest BCUT2D eigenvalue weighted by atomic mass is 16.5. The molecule has 1 aromatic heterocycles. The lowest BCUT2D eigenvalue weighted by atomic mass is 10.1. The minimum atomic E-state index is -0.0886. The SMILES string of the molecule is O=C(NCc1cccc(OC2CC2)c1)c1ccc2ncccc2c1. The van der Waals surface area contributed by atoms with Crippen molar-refractivity contribution < 1.29 is 9.53 Å². The maximum atomic E-state index is 12.4. The van der Waals surface area contributed by atoms with E-state index in [2.05, 4.69) is 10.3 Å². The summed E-state index contributed by atoms with van der Waals surface area (Å²) in [5.74, 6) is 0.787. The van der Waals surface area contributed by atoms with Crippen molar-refractivity contribution in [3.05, 3.63) is 71.9 Å². The van der Waals surface area contributed by atoms with Gasteiger partial charge in [0.25, 0.3) is 5.91 Å². The second kappa shape index (κ2) is 6.32. The molecule has 1 N–H and O–H groups in total. The van der Waals surface area contributed by atoms with Crippen molar-refractivity contribution in [1.82, 2.24) is 10.3 Å². The zero-order chi connectivity index (χ0) is 16.4. The van der Waals surface area contributed by atoms with E-state index in [-0.39, 0.29) is 5.91 Å². The van der Waals surface area contributed by atoms with E-state index >= 15 is 0 Å². The van der Waals surface area contributed by atoms with Crippen LogP contribution in [-0.4, -0.2) is 17.0 Å². The lowest BCUT2D eigenvalue weighted by molar-refractivity contribution is 0.0951. The second-order valence-corrected chi connectivity index (χ2v) is 6.06. The summed E-state index contributed by atoms with van der Waals surface area (Å²) in [5.41, 5.74) is 2.56. The van der Waals surface area contributed by atoms with E-state index < -0.39 is 0 Å². The molecule has 0 unspecified atom stereocenters. The smallest absolute Gasteiger partial charge is 0.251 e. The van der Waals surface area contributed by atoms with Gasteiger partial charge in [-0.25, -0.2) is 0 Å². The van der Waals surface area contributed by atoms with Crippen LogP contribution < -0.4 is 10.1 Å². The molecular weight excluding hydrogens is 300 g/mol. The molecule has 4 nitrogen and oxygen atoms in total. The summed E-state index contributed by atoms with van der Waals surface area (Å²) in [5, 5.41) is 3.92. The molecule has 24 heavy (non-hydrogen) atoms. The number of amides is 1. The average Bonchev–Trinajstić information content (AvgIpc) is 3.43. The molecule has 0 atom stereocenters. The first-order valence-corrected chi connectivity index (χ1v) is 8.16. The largest absolute Gasteiger partial charge is 0.490 e. The van der Waals surface area contributed by atoms with Crippen molar-refractivity contribution >= 4 is 16.8 Å². The number of ether oxygens (including phenoxy) is 1. The third kappa shape index (κ3) is 3.38. The molecule has 1 aliphatic rings. The topological polar surface area (TPSA) is 51.2 Å². The van der Waals surface area contributed by atoms with E-state index in [0.29, 0.717) is 18.2 Å². The molecule has 1 heterocycles. The molecule has 4 heteroatoms. The number of pyridine rings is 1. The number of hydrogen-bond donors (Lipinski definition) is 1. The molecule has 1 amide bonds. The number of nitrogens with zero attached hydrogens (tertiary/aromatic N) is 1. The molecule has 0 spiro atoms. The number of carbonyl (C=O) groups excluding carboxylic acids is 1. The average molecular weight is 318 g/mol. The lowest BCUT2D eigenvalue weighted by Gasteiger charge is -2.09. The minimum Gasteiger partial charge on any atom is -0.490 e. The number of hydrogen-bond acceptors (Lipinski definition) is 3. The molecule has 1 fully saturated rings. The summed E-state index contributed by atoms with van der Waals surface area (Å²) in [6, 6.07) is 17.3. The Morgan fingerprint density at radius 2 is 2.04 bits per heavy atom. The Kier molecular flexibility index (Phi) is 3.87. The van der Waals surface area contributed by atoms with Crippen molar-refractivity contribution in [3.8, 4) is 5.75 Å². The molecule has 1 aliphatic carbocycles. The Hall–Kier alpha value is -2.88. The van der Waals surface area contributed by atoms with Crippen LogP contribution in [0.25, 0.3) is 10.9 Å². The monoisotopic (exact) mass is 318 g/mol. The number of fused-ring (bicyclic) bond motifs is 1. The van der Waals surface area contributed by atoms with Crippen molar-refractivity contribution in [2.75, 3.05) is 0 Å². The van der Waals surface area contributed by atoms with Gasteiger partial charge in [-0.15, -0.1) is 0 Å². The first-order valence-electron chi connectivity index (χ1n) is 8.16. The normalized spacial score (nSPS) is 13.7. The zero-order valence-electron chi connectivity index (χ0n) is 13.2. The van der Waals surface area contributed by atoms with Gasteiger partial charge in [0, 0.05) is 23.7 Å². The fourth-order valence-electron chi connectivity index (χ4n) is 2.61. The van der Waals surface area contributed by atoms with Crippen LogP contribution in [-0.2, 0) is 6.54 Å². The first kappa shape index (κ1) is 14.7. The van der Waals surface area contributed by atoms with E-state index in [1.54, 1.807) is 12.3 Å². The van der Waals surface area contributed by atoms with Crippen molar-refractivity contribution in [2.45, 2.75) is 25.5 Å². The van der Waals surface area contributed by atoms with Gasteiger partial charge in [-0.3, -0.25) is 9.78 Å². The van der Waals surface area contributed by atoms with Crippen LogP contribution in [0.1, 0.15) is 28.8 Å².